The van der Waals surface area contributed by atoms with Crippen LogP contribution in [0.5, 0.6) is 0 Å². The normalized spacial score (nSPS) is 19.3. The van der Waals surface area contributed by atoms with E-state index >= 15 is 0 Å². The van der Waals surface area contributed by atoms with Crippen molar-refractivity contribution < 1.29 is 9.26 Å². The molecule has 0 spiro atoms. The maximum Gasteiger partial charge on any atom is 0.261 e. The van der Waals surface area contributed by atoms with Crippen LogP contribution in [0.4, 0.5) is 5.69 Å². The molecule has 5 nitrogen and oxygen atoms in total. The summed E-state index contributed by atoms with van der Waals surface area (Å²) in [4.78, 5) is 4.32. The summed E-state index contributed by atoms with van der Waals surface area (Å²) in [5.74, 6) is 0.894. The Hall–Kier alpha value is -1.59. The van der Waals surface area contributed by atoms with Crippen molar-refractivity contribution in [2.45, 2.75) is 18.9 Å². The highest BCUT2D eigenvalue weighted by Crippen LogP contribution is 2.34. The summed E-state index contributed by atoms with van der Waals surface area (Å²) < 4.78 is 10.7. The van der Waals surface area contributed by atoms with Crippen LogP contribution in [-0.2, 0) is 4.74 Å². The molecule has 0 bridgehead atoms. The number of hydrogen-bond donors (Lipinski definition) is 1. The second kappa shape index (κ2) is 4.59. The van der Waals surface area contributed by atoms with Gasteiger partial charge in [0.2, 0.25) is 5.82 Å². The van der Waals surface area contributed by atoms with Gasteiger partial charge in [-0.1, -0.05) is 22.8 Å². The first-order valence-electron chi connectivity index (χ1n) is 5.75. The number of anilines is 1. The minimum absolute atomic E-state index is 0.0776. The highest BCUT2D eigenvalue weighted by molar-refractivity contribution is 6.33. The molecule has 0 radical (unpaired) electrons. The minimum atomic E-state index is -0.0776. The molecule has 3 rings (SSSR count). The van der Waals surface area contributed by atoms with E-state index in [4.69, 9.17) is 26.6 Å². The van der Waals surface area contributed by atoms with Gasteiger partial charge in [0.15, 0.2) is 0 Å². The van der Waals surface area contributed by atoms with Crippen molar-refractivity contribution in [2.24, 2.45) is 0 Å². The first-order chi connectivity index (χ1) is 8.75. The lowest BCUT2D eigenvalue weighted by Gasteiger charge is -2.03. The summed E-state index contributed by atoms with van der Waals surface area (Å²) in [6.07, 6.45) is 1.85. The first-order valence-corrected chi connectivity index (χ1v) is 6.13. The molecule has 18 heavy (non-hydrogen) atoms. The van der Waals surface area contributed by atoms with Crippen LogP contribution in [0.2, 0.25) is 5.02 Å². The monoisotopic (exact) mass is 265 g/mol. The zero-order chi connectivity index (χ0) is 12.5. The molecule has 1 aliphatic rings. The van der Waals surface area contributed by atoms with Crippen LogP contribution in [0, 0.1) is 0 Å². The Bertz CT molecular complexity index is 544. The quantitative estimate of drug-likeness (QED) is 0.845. The maximum absolute atomic E-state index is 6.09. The van der Waals surface area contributed by atoms with Crippen molar-refractivity contribution in [1.29, 1.82) is 0 Å². The first kappa shape index (κ1) is 11.5. The number of aromatic nitrogens is 2. The Kier molecular flexibility index (Phi) is 2.93. The van der Waals surface area contributed by atoms with Gasteiger partial charge in [-0.2, -0.15) is 4.98 Å². The topological polar surface area (TPSA) is 74.2 Å². The number of rotatable bonds is 2. The SMILES string of the molecule is Nc1cccc(Cl)c1-c1nc(C2CCCO2)no1. The average molecular weight is 266 g/mol. The lowest BCUT2D eigenvalue weighted by molar-refractivity contribution is 0.103. The fourth-order valence-corrected chi connectivity index (χ4v) is 2.28. The molecule has 0 saturated carbocycles. The van der Waals surface area contributed by atoms with Crippen molar-refractivity contribution in [3.63, 3.8) is 0 Å². The molecule has 1 atom stereocenters. The molecule has 1 aliphatic heterocycles. The Morgan fingerprint density at radius 2 is 2.28 bits per heavy atom. The van der Waals surface area contributed by atoms with Crippen LogP contribution >= 0.6 is 11.6 Å². The van der Waals surface area contributed by atoms with E-state index in [0.717, 1.165) is 19.4 Å². The van der Waals surface area contributed by atoms with E-state index in [-0.39, 0.29) is 6.10 Å². The van der Waals surface area contributed by atoms with Crippen molar-refractivity contribution >= 4 is 17.3 Å². The third kappa shape index (κ3) is 1.95. The zero-order valence-corrected chi connectivity index (χ0v) is 10.4. The molecule has 6 heteroatoms. The summed E-state index contributed by atoms with van der Waals surface area (Å²) in [6, 6.07) is 5.26. The smallest absolute Gasteiger partial charge is 0.261 e. The van der Waals surface area contributed by atoms with E-state index in [1.165, 1.54) is 0 Å². The molecular formula is C12H12ClN3O2. The van der Waals surface area contributed by atoms with Crippen LogP contribution in [0.1, 0.15) is 24.8 Å². The highest BCUT2D eigenvalue weighted by atomic mass is 35.5. The Morgan fingerprint density at radius 1 is 1.39 bits per heavy atom. The molecular weight excluding hydrogens is 254 g/mol. The number of nitrogens with two attached hydrogens (primary N) is 1. The van der Waals surface area contributed by atoms with Crippen molar-refractivity contribution in [3.8, 4) is 11.5 Å². The molecule has 1 unspecified atom stereocenters. The Balaban J connectivity index is 1.97. The molecule has 0 amide bonds. The molecule has 94 valence electrons. The average Bonchev–Trinajstić information content (AvgIpc) is 2.99. The van der Waals surface area contributed by atoms with E-state index in [1.807, 2.05) is 0 Å². The molecule has 2 aromatic rings. The molecule has 1 aromatic heterocycles. The predicted octanol–water partition coefficient (Wildman–Crippen LogP) is 2.82. The lowest BCUT2D eigenvalue weighted by Crippen LogP contribution is -1.98. The van der Waals surface area contributed by atoms with E-state index < -0.39 is 0 Å². The molecule has 0 aliphatic carbocycles. The summed E-state index contributed by atoms with van der Waals surface area (Å²) >= 11 is 6.09. The Labute approximate surface area is 109 Å². The molecule has 1 saturated heterocycles. The van der Waals surface area contributed by atoms with E-state index in [9.17, 15) is 0 Å². The van der Waals surface area contributed by atoms with Gasteiger partial charge in [-0.05, 0) is 25.0 Å². The third-order valence-corrected chi connectivity index (χ3v) is 3.23. The fourth-order valence-electron chi connectivity index (χ4n) is 2.01. The van der Waals surface area contributed by atoms with Gasteiger partial charge < -0.3 is 15.0 Å². The van der Waals surface area contributed by atoms with Gasteiger partial charge in [0, 0.05) is 12.3 Å². The highest BCUT2D eigenvalue weighted by Gasteiger charge is 2.24. The van der Waals surface area contributed by atoms with Gasteiger partial charge in [0.1, 0.15) is 6.10 Å². The van der Waals surface area contributed by atoms with E-state index in [1.54, 1.807) is 18.2 Å². The van der Waals surface area contributed by atoms with Crippen LogP contribution in [-0.4, -0.2) is 16.7 Å². The predicted molar refractivity (Wildman–Crippen MR) is 67.1 cm³/mol. The number of benzene rings is 1. The standard InChI is InChI=1S/C12H12ClN3O2/c13-7-3-1-4-8(14)10(7)12-15-11(16-18-12)9-5-2-6-17-9/h1,3-4,9H,2,5-6,14H2. The van der Waals surface area contributed by atoms with Gasteiger partial charge >= 0.3 is 0 Å². The van der Waals surface area contributed by atoms with Gasteiger partial charge in [-0.3, -0.25) is 0 Å². The van der Waals surface area contributed by atoms with Crippen molar-refractivity contribution in [3.05, 3.63) is 29.0 Å². The summed E-state index contributed by atoms with van der Waals surface area (Å²) in [7, 11) is 0. The van der Waals surface area contributed by atoms with Crippen LogP contribution in [0.3, 0.4) is 0 Å². The maximum atomic E-state index is 6.09. The second-order valence-electron chi connectivity index (χ2n) is 4.16. The number of nitrogen functional groups attached to an aromatic ring is 1. The van der Waals surface area contributed by atoms with Crippen molar-refractivity contribution in [2.75, 3.05) is 12.3 Å². The van der Waals surface area contributed by atoms with Gasteiger partial charge in [0.25, 0.3) is 5.89 Å². The molecule has 2 N–H and O–H groups in total. The van der Waals surface area contributed by atoms with Crippen LogP contribution in [0.15, 0.2) is 22.7 Å². The van der Waals surface area contributed by atoms with Crippen LogP contribution in [0.25, 0.3) is 11.5 Å². The lowest BCUT2D eigenvalue weighted by atomic mass is 10.2. The van der Waals surface area contributed by atoms with Gasteiger partial charge in [-0.25, -0.2) is 0 Å². The largest absolute Gasteiger partial charge is 0.398 e. The Morgan fingerprint density at radius 3 is 3.00 bits per heavy atom. The van der Waals surface area contributed by atoms with Gasteiger partial charge in [0.05, 0.1) is 10.6 Å². The number of halogens is 1. The summed E-state index contributed by atoms with van der Waals surface area (Å²) in [6.45, 7) is 0.739. The summed E-state index contributed by atoms with van der Waals surface area (Å²) in [5.41, 5.74) is 6.97. The molecule has 1 aromatic carbocycles. The number of hydrogen-bond acceptors (Lipinski definition) is 5. The second-order valence-corrected chi connectivity index (χ2v) is 4.57. The van der Waals surface area contributed by atoms with Crippen LogP contribution < -0.4 is 5.73 Å². The molecule has 2 heterocycles. The van der Waals surface area contributed by atoms with E-state index in [2.05, 4.69) is 10.1 Å². The summed E-state index contributed by atoms with van der Waals surface area (Å²) in [5, 5.41) is 4.43. The zero-order valence-electron chi connectivity index (χ0n) is 9.60. The fraction of sp³-hybridized carbons (Fsp3) is 0.333. The minimum Gasteiger partial charge on any atom is -0.398 e. The number of nitrogens with zero attached hydrogens (tertiary/aromatic N) is 2. The van der Waals surface area contributed by atoms with Gasteiger partial charge in [-0.15, -0.1) is 0 Å². The third-order valence-electron chi connectivity index (χ3n) is 2.92. The number of ether oxygens (including phenoxy) is 1. The molecule has 1 fully saturated rings. The van der Waals surface area contributed by atoms with E-state index in [0.29, 0.717) is 28.0 Å². The van der Waals surface area contributed by atoms with Crippen molar-refractivity contribution in [1.82, 2.24) is 10.1 Å².